The first-order chi connectivity index (χ1) is 16.0. The Bertz CT molecular complexity index is 758. The number of rotatable bonds is 6. The Kier molecular flexibility index (Phi) is 8.92. The van der Waals surface area contributed by atoms with Crippen LogP contribution in [0, 0.1) is 35.5 Å². The second-order valence-corrected chi connectivity index (χ2v) is 12.0. The lowest BCUT2D eigenvalue weighted by Crippen LogP contribution is -2.38. The van der Waals surface area contributed by atoms with Crippen molar-refractivity contribution < 1.29 is 19.1 Å². The average Bonchev–Trinajstić information content (AvgIpc) is 2.73. The van der Waals surface area contributed by atoms with Crippen LogP contribution in [0.1, 0.15) is 100 Å². The molecule has 1 heterocycles. The van der Waals surface area contributed by atoms with Crippen LogP contribution in [-0.2, 0) is 19.1 Å². The number of ether oxygens (including phenoxy) is 2. The second-order valence-electron chi connectivity index (χ2n) is 12.0. The number of esters is 2. The molecule has 1 aliphatic heterocycles. The molecule has 0 saturated heterocycles. The zero-order valence-corrected chi connectivity index (χ0v) is 22.7. The molecule has 2 fully saturated rings. The van der Waals surface area contributed by atoms with Crippen molar-refractivity contribution in [3.63, 3.8) is 0 Å². The van der Waals surface area contributed by atoms with E-state index in [9.17, 15) is 9.59 Å². The Morgan fingerprint density at radius 1 is 0.735 bits per heavy atom. The van der Waals surface area contributed by atoms with Crippen LogP contribution < -0.4 is 5.32 Å². The predicted molar refractivity (Wildman–Crippen MR) is 136 cm³/mol. The summed E-state index contributed by atoms with van der Waals surface area (Å²) in [6.07, 6.45) is 6.55. The molecule has 0 aromatic rings. The monoisotopic (exact) mass is 473 g/mol. The third-order valence-electron chi connectivity index (χ3n) is 8.57. The van der Waals surface area contributed by atoms with E-state index in [2.05, 4.69) is 46.9 Å². The summed E-state index contributed by atoms with van der Waals surface area (Å²) < 4.78 is 12.2. The summed E-state index contributed by atoms with van der Waals surface area (Å²) in [5.74, 6) is 2.27. The van der Waals surface area contributed by atoms with Crippen LogP contribution in [0.4, 0.5) is 0 Å². The number of carbonyl (C=O) groups excluding carboxylic acids is 2. The number of carbonyl (C=O) groups is 2. The molecule has 0 amide bonds. The van der Waals surface area contributed by atoms with Crippen molar-refractivity contribution in [2.75, 3.05) is 0 Å². The molecule has 0 aromatic carbocycles. The van der Waals surface area contributed by atoms with E-state index in [1.807, 2.05) is 13.8 Å². The molecule has 5 nitrogen and oxygen atoms in total. The van der Waals surface area contributed by atoms with Gasteiger partial charge in [0.2, 0.25) is 0 Å². The number of hydrogen-bond donors (Lipinski definition) is 1. The van der Waals surface area contributed by atoms with Crippen LogP contribution in [0.3, 0.4) is 0 Å². The topological polar surface area (TPSA) is 64.6 Å². The highest BCUT2D eigenvalue weighted by Crippen LogP contribution is 2.38. The van der Waals surface area contributed by atoms with Crippen molar-refractivity contribution >= 4 is 11.9 Å². The quantitative estimate of drug-likeness (QED) is 0.444. The summed E-state index contributed by atoms with van der Waals surface area (Å²) in [5.41, 5.74) is 2.65. The lowest BCUT2D eigenvalue weighted by molar-refractivity contribution is -0.151. The molecule has 2 aliphatic carbocycles. The van der Waals surface area contributed by atoms with Gasteiger partial charge in [-0.2, -0.15) is 0 Å². The highest BCUT2D eigenvalue weighted by atomic mass is 16.5. The van der Waals surface area contributed by atoms with Crippen LogP contribution in [-0.4, -0.2) is 24.1 Å². The zero-order valence-electron chi connectivity index (χ0n) is 22.7. The molecule has 34 heavy (non-hydrogen) atoms. The fraction of sp³-hybridized carbons (Fsp3) is 0.793. The van der Waals surface area contributed by atoms with E-state index in [1.165, 1.54) is 12.8 Å². The van der Waals surface area contributed by atoms with E-state index in [0.717, 1.165) is 37.1 Å². The molecule has 5 heteroatoms. The van der Waals surface area contributed by atoms with Gasteiger partial charge in [-0.1, -0.05) is 54.4 Å². The first-order valence-electron chi connectivity index (χ1n) is 13.6. The summed E-state index contributed by atoms with van der Waals surface area (Å²) in [6, 6.07) is 0. The standard InChI is InChI=1S/C29H47NO4/c1-16(2)22-11-9-18(5)13-26(22)33-28(31)24-15-25(21(8)30-20(24)7)29(32)34-27-14-19(6)10-12-23(27)17(3)4/h16-19,22-23,26-27,30H,9-15H2,1-8H3. The fourth-order valence-electron chi connectivity index (χ4n) is 6.24. The molecule has 192 valence electrons. The molecule has 3 rings (SSSR count). The number of hydrogen-bond acceptors (Lipinski definition) is 5. The van der Waals surface area contributed by atoms with Crippen LogP contribution >= 0.6 is 0 Å². The van der Waals surface area contributed by atoms with Gasteiger partial charge in [0.15, 0.2) is 0 Å². The predicted octanol–water partition coefficient (Wildman–Crippen LogP) is 6.54. The Morgan fingerprint density at radius 2 is 1.12 bits per heavy atom. The molecule has 0 radical (unpaired) electrons. The van der Waals surface area contributed by atoms with E-state index in [1.54, 1.807) is 0 Å². The Morgan fingerprint density at radius 3 is 1.47 bits per heavy atom. The number of dihydropyridines is 1. The van der Waals surface area contributed by atoms with Crippen LogP contribution in [0.5, 0.6) is 0 Å². The van der Waals surface area contributed by atoms with Gasteiger partial charge in [0, 0.05) is 17.8 Å². The van der Waals surface area contributed by atoms with Gasteiger partial charge in [0.05, 0.1) is 11.1 Å². The van der Waals surface area contributed by atoms with Gasteiger partial charge in [-0.05, 0) is 75.0 Å². The molecular weight excluding hydrogens is 426 g/mol. The van der Waals surface area contributed by atoms with Crippen LogP contribution in [0.25, 0.3) is 0 Å². The highest BCUT2D eigenvalue weighted by molar-refractivity contribution is 5.96. The van der Waals surface area contributed by atoms with Gasteiger partial charge in [-0.25, -0.2) is 9.59 Å². The molecule has 3 aliphatic rings. The molecule has 6 unspecified atom stereocenters. The third kappa shape index (κ3) is 6.26. The van der Waals surface area contributed by atoms with Crippen LogP contribution in [0.2, 0.25) is 0 Å². The molecule has 6 atom stereocenters. The van der Waals surface area contributed by atoms with Gasteiger partial charge in [0.1, 0.15) is 12.2 Å². The van der Waals surface area contributed by atoms with Crippen molar-refractivity contribution in [2.45, 2.75) is 113 Å². The molecule has 1 N–H and O–H groups in total. The average molecular weight is 474 g/mol. The van der Waals surface area contributed by atoms with E-state index in [-0.39, 0.29) is 30.6 Å². The normalized spacial score (nSPS) is 32.6. The summed E-state index contributed by atoms with van der Waals surface area (Å²) in [5, 5.41) is 3.26. The molecule has 0 aromatic heterocycles. The van der Waals surface area contributed by atoms with Gasteiger partial charge in [-0.3, -0.25) is 0 Å². The van der Waals surface area contributed by atoms with Crippen LogP contribution in [0.15, 0.2) is 22.5 Å². The lowest BCUT2D eigenvalue weighted by Gasteiger charge is -2.37. The first kappa shape index (κ1) is 26.8. The van der Waals surface area contributed by atoms with Crippen molar-refractivity contribution in [3.05, 3.63) is 22.5 Å². The largest absolute Gasteiger partial charge is 0.459 e. The van der Waals surface area contributed by atoms with E-state index in [0.29, 0.717) is 46.7 Å². The minimum Gasteiger partial charge on any atom is -0.459 e. The molecule has 0 bridgehead atoms. The SMILES string of the molecule is CC1=C(C(=O)OC2CC(C)CCC2C(C)C)CC(C(=O)OC2CC(C)CCC2C(C)C)=C(C)N1. The summed E-state index contributed by atoms with van der Waals surface area (Å²) in [6.45, 7) is 17.1. The maximum atomic E-state index is 13.3. The van der Waals surface area contributed by atoms with Crippen molar-refractivity contribution in [1.82, 2.24) is 5.32 Å². The summed E-state index contributed by atoms with van der Waals surface area (Å²) >= 11 is 0. The first-order valence-corrected chi connectivity index (χ1v) is 13.6. The van der Waals surface area contributed by atoms with Crippen molar-refractivity contribution in [2.24, 2.45) is 35.5 Å². The van der Waals surface area contributed by atoms with Gasteiger partial charge < -0.3 is 14.8 Å². The zero-order chi connectivity index (χ0) is 25.2. The highest BCUT2D eigenvalue weighted by Gasteiger charge is 2.37. The number of nitrogens with one attached hydrogen (secondary N) is 1. The maximum absolute atomic E-state index is 13.3. The number of allylic oxidation sites excluding steroid dienone is 2. The molecule has 2 saturated carbocycles. The van der Waals surface area contributed by atoms with E-state index >= 15 is 0 Å². The lowest BCUT2D eigenvalue weighted by atomic mass is 9.75. The van der Waals surface area contributed by atoms with Gasteiger partial charge >= 0.3 is 11.9 Å². The Labute approximate surface area is 207 Å². The Balaban J connectivity index is 1.70. The molecule has 0 spiro atoms. The Hall–Kier alpha value is -1.78. The van der Waals surface area contributed by atoms with E-state index in [4.69, 9.17) is 9.47 Å². The summed E-state index contributed by atoms with van der Waals surface area (Å²) in [7, 11) is 0. The minimum absolute atomic E-state index is 0.0607. The third-order valence-corrected chi connectivity index (χ3v) is 8.57. The van der Waals surface area contributed by atoms with Gasteiger partial charge in [-0.15, -0.1) is 0 Å². The summed E-state index contributed by atoms with van der Waals surface area (Å²) in [4.78, 5) is 26.6. The van der Waals surface area contributed by atoms with E-state index < -0.39 is 0 Å². The molecular formula is C29H47NO4. The van der Waals surface area contributed by atoms with Crippen molar-refractivity contribution in [1.29, 1.82) is 0 Å². The van der Waals surface area contributed by atoms with Crippen molar-refractivity contribution in [3.8, 4) is 0 Å². The second kappa shape index (κ2) is 11.3. The van der Waals surface area contributed by atoms with Gasteiger partial charge in [0.25, 0.3) is 0 Å². The minimum atomic E-state index is -0.293. The maximum Gasteiger partial charge on any atom is 0.336 e. The fourth-order valence-corrected chi connectivity index (χ4v) is 6.24. The smallest absolute Gasteiger partial charge is 0.336 e.